The van der Waals surface area contributed by atoms with Gasteiger partial charge in [0, 0.05) is 36.3 Å². The molecule has 19 nitrogen and oxygen atoms in total. The molecule has 1 aromatic carbocycles. The van der Waals surface area contributed by atoms with Gasteiger partial charge in [0.25, 0.3) is 11.8 Å². The topological polar surface area (TPSA) is 265 Å². The van der Waals surface area contributed by atoms with Gasteiger partial charge in [-0.25, -0.2) is 20.0 Å². The molecule has 0 radical (unpaired) electrons. The predicted molar refractivity (Wildman–Crippen MR) is 191 cm³/mol. The molecule has 2 aliphatic rings. The van der Waals surface area contributed by atoms with Crippen molar-refractivity contribution in [2.75, 3.05) is 28.7 Å². The average Bonchev–Trinajstić information content (AvgIpc) is 3.70. The second kappa shape index (κ2) is 17.0. The Morgan fingerprint density at radius 1 is 1.10 bits per heavy atom. The van der Waals surface area contributed by atoms with Crippen LogP contribution in [0, 0.1) is 6.92 Å². The Hall–Kier alpha value is -4.97. The van der Waals surface area contributed by atoms with Crippen molar-refractivity contribution in [2.45, 2.75) is 36.5 Å². The Kier molecular flexibility index (Phi) is 13.0. The quantitative estimate of drug-likeness (QED) is 0.0604. The van der Waals surface area contributed by atoms with Crippen molar-refractivity contribution in [1.29, 1.82) is 0 Å². The fraction of sp³-hybridized carbons (Fsp3) is 0.286. The third-order valence-corrected chi connectivity index (χ3v) is 10.8. The summed E-state index contributed by atoms with van der Waals surface area (Å²) >= 11 is 4.94. The molecule has 1 saturated heterocycles. The number of nitrogens with two attached hydrogens (primary N) is 1. The van der Waals surface area contributed by atoms with Crippen LogP contribution < -0.4 is 36.3 Å². The zero-order valence-corrected chi connectivity index (χ0v) is 31.1. The number of hydrogen-bond donors (Lipinski definition) is 5. The lowest BCUT2D eigenvalue weighted by Gasteiger charge is -2.49. The van der Waals surface area contributed by atoms with Crippen LogP contribution in [0.25, 0.3) is 0 Å². The maximum Gasteiger partial charge on any atom is 0.352 e. The molecule has 2 aromatic heterocycles. The normalized spacial score (nSPS) is 16.1. The van der Waals surface area contributed by atoms with E-state index in [9.17, 15) is 38.7 Å². The SMILES string of the molecule is CC(=O)Oc1ccc(C(=O)NNC(=O)N(CC(=O)NC2C(=O)N3C(C(=O)O)=C(CSc4nnc(C)s4)CSC23)c2csc(N)n2)cc1OC(C)=O.Cl. The number of carbonyl (C=O) groups excluding carboxylic acids is 6. The van der Waals surface area contributed by atoms with E-state index < -0.39 is 59.6 Å². The third kappa shape index (κ3) is 9.27. The van der Waals surface area contributed by atoms with Crippen molar-refractivity contribution in [3.05, 3.63) is 45.4 Å². The van der Waals surface area contributed by atoms with E-state index >= 15 is 0 Å². The summed E-state index contributed by atoms with van der Waals surface area (Å²) in [4.78, 5) is 93.7. The van der Waals surface area contributed by atoms with Gasteiger partial charge >= 0.3 is 23.9 Å². The first kappa shape index (κ1) is 39.8. The van der Waals surface area contributed by atoms with Gasteiger partial charge in [0.1, 0.15) is 28.7 Å². The van der Waals surface area contributed by atoms with Crippen LogP contribution in [0.15, 0.2) is 39.2 Å². The molecule has 3 aromatic rings. The van der Waals surface area contributed by atoms with E-state index in [2.05, 4.69) is 31.3 Å². The molecule has 0 bridgehead atoms. The maximum absolute atomic E-state index is 13.2. The summed E-state index contributed by atoms with van der Waals surface area (Å²) in [5, 5.41) is 22.0. The van der Waals surface area contributed by atoms with Gasteiger partial charge in [-0.15, -0.1) is 45.7 Å². The number of carboxylic acid groups (broad SMARTS) is 1. The van der Waals surface area contributed by atoms with Crippen LogP contribution in [0.3, 0.4) is 0 Å². The van der Waals surface area contributed by atoms with E-state index in [0.717, 1.165) is 46.1 Å². The Morgan fingerprint density at radius 3 is 2.42 bits per heavy atom. The van der Waals surface area contributed by atoms with Crippen LogP contribution in [0.4, 0.5) is 15.7 Å². The first-order valence-electron chi connectivity index (χ1n) is 14.4. The Labute approximate surface area is 316 Å². The maximum atomic E-state index is 13.2. The fourth-order valence-corrected chi connectivity index (χ4v) is 8.53. The van der Waals surface area contributed by atoms with E-state index in [1.165, 1.54) is 52.4 Å². The molecule has 24 heteroatoms. The second-order valence-electron chi connectivity index (χ2n) is 10.5. The predicted octanol–water partition coefficient (Wildman–Crippen LogP) is 1.55. The molecular weight excluding hydrogens is 786 g/mol. The van der Waals surface area contributed by atoms with E-state index in [4.69, 9.17) is 15.2 Å². The molecule has 2 atom stereocenters. The second-order valence-corrected chi connectivity index (χ2v) is 14.8. The summed E-state index contributed by atoms with van der Waals surface area (Å²) < 4.78 is 10.7. The van der Waals surface area contributed by atoms with Crippen LogP contribution in [0.1, 0.15) is 29.2 Å². The number of hydrazine groups is 1. The number of fused-ring (bicyclic) bond motifs is 1. The van der Waals surface area contributed by atoms with E-state index in [1.807, 2.05) is 0 Å². The Balaban J connectivity index is 0.00000605. The van der Waals surface area contributed by atoms with Crippen molar-refractivity contribution in [3.8, 4) is 11.5 Å². The number of rotatable bonds is 11. The molecule has 5 amide bonds. The van der Waals surface area contributed by atoms with Gasteiger partial charge in [-0.05, 0) is 30.7 Å². The Morgan fingerprint density at radius 2 is 1.81 bits per heavy atom. The molecule has 0 aliphatic carbocycles. The number of nitrogen functional groups attached to an aromatic ring is 1. The number of nitrogens with zero attached hydrogens (tertiary/aromatic N) is 5. The van der Waals surface area contributed by atoms with E-state index in [0.29, 0.717) is 9.91 Å². The van der Waals surface area contributed by atoms with Gasteiger partial charge in [0.2, 0.25) is 5.91 Å². The molecule has 5 rings (SSSR count). The van der Waals surface area contributed by atoms with Crippen molar-refractivity contribution >= 4 is 111 Å². The monoisotopic (exact) mass is 813 g/mol. The summed E-state index contributed by atoms with van der Waals surface area (Å²) in [6.07, 6.45) is 0. The number of halogens is 1. The molecule has 0 spiro atoms. The minimum Gasteiger partial charge on any atom is -0.477 e. The van der Waals surface area contributed by atoms with Gasteiger partial charge in [-0.2, -0.15) is 0 Å². The molecule has 276 valence electrons. The highest BCUT2D eigenvalue weighted by Gasteiger charge is 2.54. The van der Waals surface area contributed by atoms with Gasteiger partial charge in [-0.3, -0.25) is 39.2 Å². The van der Waals surface area contributed by atoms with Gasteiger partial charge in [-0.1, -0.05) is 23.1 Å². The summed E-state index contributed by atoms with van der Waals surface area (Å²) in [5.41, 5.74) is 10.3. The average molecular weight is 814 g/mol. The lowest BCUT2D eigenvalue weighted by Crippen LogP contribution is -2.71. The highest BCUT2D eigenvalue weighted by atomic mass is 35.5. The molecular formula is C28H28ClN9O10S4. The molecule has 0 saturated carbocycles. The first-order chi connectivity index (χ1) is 24.2. The number of aliphatic carboxylic acids is 1. The van der Waals surface area contributed by atoms with Crippen LogP contribution in [-0.2, 0) is 24.0 Å². The smallest absolute Gasteiger partial charge is 0.352 e. The third-order valence-electron chi connectivity index (χ3n) is 6.77. The van der Waals surface area contributed by atoms with E-state index in [-0.39, 0.29) is 57.6 Å². The van der Waals surface area contributed by atoms with E-state index in [1.54, 1.807) is 6.92 Å². The number of amides is 5. The lowest BCUT2D eigenvalue weighted by atomic mass is 10.0. The molecule has 4 heterocycles. The number of β-lactam (4-membered cyclic amide) rings is 1. The largest absolute Gasteiger partial charge is 0.477 e. The molecule has 52 heavy (non-hydrogen) atoms. The number of carbonyl (C=O) groups is 7. The number of aryl methyl sites for hydroxylation is 1. The van der Waals surface area contributed by atoms with Gasteiger partial charge in [0.05, 0.1) is 0 Å². The highest BCUT2D eigenvalue weighted by molar-refractivity contribution is 8.01. The number of thioether (sulfide) groups is 2. The number of benzene rings is 1. The van der Waals surface area contributed by atoms with Crippen LogP contribution in [0.5, 0.6) is 11.5 Å². The molecule has 2 aliphatic heterocycles. The number of urea groups is 1. The van der Waals surface area contributed by atoms with Crippen LogP contribution >= 0.6 is 58.6 Å². The lowest BCUT2D eigenvalue weighted by molar-refractivity contribution is -0.150. The number of esters is 2. The van der Waals surface area contributed by atoms with Crippen molar-refractivity contribution in [2.24, 2.45) is 0 Å². The molecule has 2 unspecified atom stereocenters. The number of aromatic nitrogens is 3. The highest BCUT2D eigenvalue weighted by Crippen LogP contribution is 2.42. The zero-order chi connectivity index (χ0) is 37.0. The number of thiazole rings is 1. The van der Waals surface area contributed by atoms with Gasteiger partial charge in [0.15, 0.2) is 26.8 Å². The summed E-state index contributed by atoms with van der Waals surface area (Å²) in [7, 11) is 0. The summed E-state index contributed by atoms with van der Waals surface area (Å²) in [5.74, 6) is -4.85. The minimum absolute atomic E-state index is 0. The molecule has 1 fully saturated rings. The van der Waals surface area contributed by atoms with Crippen molar-refractivity contribution < 1.29 is 48.1 Å². The van der Waals surface area contributed by atoms with Crippen LogP contribution in [-0.4, -0.2) is 96.3 Å². The summed E-state index contributed by atoms with van der Waals surface area (Å²) in [6.45, 7) is 3.37. The zero-order valence-electron chi connectivity index (χ0n) is 27.1. The standard InChI is InChI=1S/C28H27N9O10S4.ClH/c1-11-32-35-28(51-11)50-9-15-8-48-24-20(23(42)37(24)21(15)25(43)44)31-19(40)7-36(18-10-49-26(29)30-18)27(45)34-33-22(41)14-4-5-16(46-12(2)38)17(6-14)47-13(3)39;/h4-6,10,20,24H,7-9H2,1-3H3,(H2,29,30)(H,31,40)(H,33,41)(H,34,45)(H,43,44);1H. The number of ether oxygens (including phenoxy) is 2. The van der Waals surface area contributed by atoms with Crippen molar-refractivity contribution in [3.63, 3.8) is 0 Å². The molecule has 6 N–H and O–H groups in total. The van der Waals surface area contributed by atoms with Crippen LogP contribution in [0.2, 0.25) is 0 Å². The Bertz CT molecular complexity index is 1970. The number of nitrogens with one attached hydrogen (secondary N) is 3. The number of carboxylic acids is 1. The van der Waals surface area contributed by atoms with Gasteiger partial charge < -0.3 is 25.6 Å². The number of anilines is 2. The van der Waals surface area contributed by atoms with Crippen molar-refractivity contribution in [1.82, 2.24) is 36.2 Å². The number of hydrogen-bond acceptors (Lipinski definition) is 17. The minimum atomic E-state index is -1.28. The first-order valence-corrected chi connectivity index (χ1v) is 18.2. The summed E-state index contributed by atoms with van der Waals surface area (Å²) in [6, 6.07) is 1.48. The fourth-order valence-electron chi connectivity index (χ4n) is 4.68.